The van der Waals surface area contributed by atoms with Crippen molar-refractivity contribution in [3.63, 3.8) is 0 Å². The summed E-state index contributed by atoms with van der Waals surface area (Å²) < 4.78 is 29.7. The fourth-order valence-electron chi connectivity index (χ4n) is 6.26. The zero-order valence-corrected chi connectivity index (χ0v) is 37.6. The molecule has 0 amide bonds. The monoisotopic (exact) mass is 850 g/mol. The molecule has 0 unspecified atom stereocenters. The Balaban J connectivity index is 3.87. The Kier molecular flexibility index (Phi) is 25.9. The molecule has 0 aliphatic carbocycles. The van der Waals surface area contributed by atoms with Crippen molar-refractivity contribution in [2.45, 2.75) is 185 Å². The molecule has 0 atom stereocenters. The summed E-state index contributed by atoms with van der Waals surface area (Å²) in [6.45, 7) is 20.0. The van der Waals surface area contributed by atoms with Crippen LogP contribution in [0.1, 0.15) is 169 Å². The molecule has 4 heteroatoms. The minimum absolute atomic E-state index is 0.733. The van der Waals surface area contributed by atoms with E-state index in [1.165, 1.54) is 104 Å². The summed E-state index contributed by atoms with van der Waals surface area (Å²) in [7, 11) is 0. The van der Waals surface area contributed by atoms with Gasteiger partial charge in [0.2, 0.25) is 0 Å². The molecule has 46 heavy (non-hydrogen) atoms. The predicted molar refractivity (Wildman–Crippen MR) is 211 cm³/mol. The number of ether oxygens (including phenoxy) is 2. The maximum absolute atomic E-state index is 6.55. The van der Waals surface area contributed by atoms with Gasteiger partial charge in [0, 0.05) is 0 Å². The van der Waals surface area contributed by atoms with Crippen LogP contribution in [0.3, 0.4) is 0 Å². The van der Waals surface area contributed by atoms with Crippen molar-refractivity contribution in [2.75, 3.05) is 13.2 Å². The number of benzene rings is 1. The van der Waals surface area contributed by atoms with E-state index in [9.17, 15) is 0 Å². The predicted octanol–water partition coefficient (Wildman–Crippen LogP) is 13.5. The molecule has 0 N–H and O–H groups in total. The third-order valence-electron chi connectivity index (χ3n) is 9.57. The van der Waals surface area contributed by atoms with Crippen LogP contribution in [-0.4, -0.2) is 50.0 Å². The van der Waals surface area contributed by atoms with Crippen LogP contribution in [0, 0.1) is 19.7 Å². The van der Waals surface area contributed by atoms with Crippen LogP contribution in [0.4, 0.5) is 0 Å². The van der Waals surface area contributed by atoms with E-state index in [4.69, 9.17) is 9.47 Å². The number of rotatable bonds is 26. The van der Waals surface area contributed by atoms with E-state index in [-0.39, 0.29) is 0 Å². The van der Waals surface area contributed by atoms with Gasteiger partial charge < -0.3 is 0 Å². The summed E-state index contributed by atoms with van der Waals surface area (Å²) in [5, 5.41) is 0. The van der Waals surface area contributed by atoms with Crippen molar-refractivity contribution in [3.8, 4) is 31.2 Å². The molecule has 0 bridgehead atoms. The molecule has 0 saturated heterocycles. The van der Waals surface area contributed by atoms with Crippen LogP contribution < -0.4 is 9.47 Å². The van der Waals surface area contributed by atoms with Crippen molar-refractivity contribution in [3.05, 3.63) is 23.3 Å². The van der Waals surface area contributed by atoms with Gasteiger partial charge in [0.25, 0.3) is 0 Å². The Labute approximate surface area is 296 Å². The van der Waals surface area contributed by atoms with Crippen molar-refractivity contribution in [1.82, 2.24) is 0 Å². The van der Waals surface area contributed by atoms with E-state index in [0.717, 1.165) is 61.5 Å². The Morgan fingerprint density at radius 1 is 0.413 bits per heavy atom. The summed E-state index contributed by atoms with van der Waals surface area (Å²) in [5.41, 5.74) is 2.08. The molecule has 1 rings (SSSR count). The van der Waals surface area contributed by atoms with Gasteiger partial charge in [-0.15, -0.1) is 0 Å². The van der Waals surface area contributed by atoms with Crippen molar-refractivity contribution >= 4 is 36.8 Å². The molecule has 1 aromatic rings. The first-order valence-corrected chi connectivity index (χ1v) is 34.9. The first-order valence-electron chi connectivity index (χ1n) is 19.9. The Bertz CT molecular complexity index is 914. The van der Waals surface area contributed by atoms with Gasteiger partial charge in [-0.2, -0.15) is 0 Å². The molecule has 0 fully saturated rings. The van der Waals surface area contributed by atoms with Gasteiger partial charge in [-0.3, -0.25) is 0 Å². The van der Waals surface area contributed by atoms with Gasteiger partial charge in [-0.1, -0.05) is 0 Å². The second-order valence-electron chi connectivity index (χ2n) is 13.9. The standard InChI is InChI=1S/C18H20O2.6C4H9.2Sn/c1-5-9-11-19-17-13-16(8-4)18(14-15(17)7-3)20-12-10-6-2;6*1-3-4-2;;/h13-14H,5-6,9-12H2,1-2H3;6*1,3-4H2,2H3;;. The van der Waals surface area contributed by atoms with E-state index in [0.29, 0.717) is 0 Å². The first-order chi connectivity index (χ1) is 22.4. The van der Waals surface area contributed by atoms with Gasteiger partial charge in [-0.05, 0) is 0 Å². The van der Waals surface area contributed by atoms with Crippen LogP contribution in [0.25, 0.3) is 0 Å². The maximum atomic E-state index is 6.55. The first kappa shape index (κ1) is 43.6. The van der Waals surface area contributed by atoms with Crippen LogP contribution in [-0.2, 0) is 0 Å². The molecule has 0 aliphatic heterocycles. The molecule has 0 saturated carbocycles. The molecule has 2 nitrogen and oxygen atoms in total. The summed E-state index contributed by atoms with van der Waals surface area (Å²) in [5.74, 6) is 9.52. The molecule has 0 spiro atoms. The van der Waals surface area contributed by atoms with E-state index in [1.807, 2.05) is 0 Å². The van der Waals surface area contributed by atoms with Crippen LogP contribution in [0.5, 0.6) is 11.5 Å². The van der Waals surface area contributed by atoms with Crippen LogP contribution in [0.15, 0.2) is 12.1 Å². The molecule has 262 valence electrons. The Morgan fingerprint density at radius 2 is 0.674 bits per heavy atom. The molecule has 1 aromatic carbocycles. The number of unbranched alkanes of at least 4 members (excludes halogenated alkanes) is 8. The molecular weight excluding hydrogens is 774 g/mol. The second kappa shape index (κ2) is 27.4. The topological polar surface area (TPSA) is 18.5 Å². The normalized spacial score (nSPS) is 11.5. The van der Waals surface area contributed by atoms with Gasteiger partial charge in [0.05, 0.1) is 0 Å². The Hall–Kier alpha value is -0.463. The molecule has 0 aliphatic rings. The fourth-order valence-corrected chi connectivity index (χ4v) is 32.6. The van der Waals surface area contributed by atoms with E-state index in [2.05, 4.69) is 87.2 Å². The molecule has 0 aromatic heterocycles. The number of hydrogen-bond donors (Lipinski definition) is 0. The fraction of sp³-hybridized carbons (Fsp3) is 0.762. The average Bonchev–Trinajstić information content (AvgIpc) is 3.08. The minimum atomic E-state index is -2.64. The third-order valence-corrected chi connectivity index (χ3v) is 35.8. The molecular formula is C42H74O2Sn2. The van der Waals surface area contributed by atoms with E-state index < -0.39 is 36.8 Å². The van der Waals surface area contributed by atoms with Crippen molar-refractivity contribution in [1.29, 1.82) is 0 Å². The summed E-state index contributed by atoms with van der Waals surface area (Å²) in [4.78, 5) is 0. The van der Waals surface area contributed by atoms with Crippen LogP contribution >= 0.6 is 0 Å². The van der Waals surface area contributed by atoms with Crippen LogP contribution in [0.2, 0.25) is 26.6 Å². The second-order valence-corrected chi connectivity index (χ2v) is 38.5. The average molecular weight is 848 g/mol. The van der Waals surface area contributed by atoms with Gasteiger partial charge in [0.15, 0.2) is 0 Å². The zero-order valence-electron chi connectivity index (χ0n) is 31.9. The molecule has 0 radical (unpaired) electrons. The van der Waals surface area contributed by atoms with Crippen molar-refractivity contribution in [2.24, 2.45) is 0 Å². The number of hydrogen-bond acceptors (Lipinski definition) is 2. The SMILES string of the molecule is CCCCOc1cc(C#[C][Sn]([CH2]CCC)([CH2]CCC)[CH2]CCC)c(OCCCC)cc1C#[C][Sn]([CH2]CCC)([CH2]CCC)[CH2]CCC. The summed E-state index contributed by atoms with van der Waals surface area (Å²) >= 11 is -5.28. The summed E-state index contributed by atoms with van der Waals surface area (Å²) in [6, 6.07) is 4.46. The van der Waals surface area contributed by atoms with E-state index in [1.54, 1.807) is 0 Å². The quantitative estimate of drug-likeness (QED) is 0.0525. The van der Waals surface area contributed by atoms with E-state index >= 15 is 0 Å². The Morgan fingerprint density at radius 3 is 0.913 bits per heavy atom. The third kappa shape index (κ3) is 17.3. The van der Waals surface area contributed by atoms with Gasteiger partial charge in [0.1, 0.15) is 0 Å². The zero-order chi connectivity index (χ0) is 33.9. The van der Waals surface area contributed by atoms with Crippen molar-refractivity contribution < 1.29 is 9.47 Å². The summed E-state index contributed by atoms with van der Waals surface area (Å²) in [6.07, 6.45) is 20.0. The molecule has 0 heterocycles. The van der Waals surface area contributed by atoms with Gasteiger partial charge >= 0.3 is 299 Å². The van der Waals surface area contributed by atoms with Gasteiger partial charge in [-0.25, -0.2) is 0 Å².